The van der Waals surface area contributed by atoms with Crippen LogP contribution in [0.1, 0.15) is 10.4 Å². The number of carbonyl (C=O) groups excluding carboxylic acids is 1. The number of ether oxygens (including phenoxy) is 1. The van der Waals surface area contributed by atoms with E-state index in [1.807, 2.05) is 0 Å². The normalized spacial score (nSPS) is 9.94. The summed E-state index contributed by atoms with van der Waals surface area (Å²) in [6, 6.07) is 12.0. The number of halogens is 1. The molecular formula is C13H8FO3. The molecule has 1 radical (unpaired) electrons. The van der Waals surface area contributed by atoms with Crippen molar-refractivity contribution in [2.75, 3.05) is 0 Å². The highest BCUT2D eigenvalue weighted by Gasteiger charge is 2.09. The Kier molecular flexibility index (Phi) is 3.05. The van der Waals surface area contributed by atoms with Gasteiger partial charge in [0.15, 0.2) is 0 Å². The standard InChI is InChI=1S/C13H8FO3/c14-10-4-2-6-12(8-10)17-13(16)9-3-1-5-11(15)7-9/h1-7,15H. The third kappa shape index (κ3) is 2.81. The zero-order valence-corrected chi connectivity index (χ0v) is 8.68. The SMILES string of the molecule is O=C(Oc1[c]c(F)ccc1)c1cccc(O)c1. The maximum absolute atomic E-state index is 12.8. The van der Waals surface area contributed by atoms with Gasteiger partial charge in [0, 0.05) is 0 Å². The Morgan fingerprint density at radius 1 is 1.24 bits per heavy atom. The fourth-order valence-corrected chi connectivity index (χ4v) is 1.27. The molecule has 0 heterocycles. The van der Waals surface area contributed by atoms with Gasteiger partial charge in [0.25, 0.3) is 0 Å². The van der Waals surface area contributed by atoms with Crippen LogP contribution in [0.4, 0.5) is 4.39 Å². The molecule has 3 nitrogen and oxygen atoms in total. The number of rotatable bonds is 2. The van der Waals surface area contributed by atoms with E-state index in [2.05, 4.69) is 6.07 Å². The van der Waals surface area contributed by atoms with Gasteiger partial charge in [-0.3, -0.25) is 0 Å². The van der Waals surface area contributed by atoms with E-state index in [1.54, 1.807) is 0 Å². The molecule has 1 N–H and O–H groups in total. The lowest BCUT2D eigenvalue weighted by molar-refractivity contribution is 0.0733. The molecule has 0 atom stereocenters. The summed E-state index contributed by atoms with van der Waals surface area (Å²) < 4.78 is 17.7. The number of esters is 1. The third-order valence-corrected chi connectivity index (χ3v) is 2.02. The van der Waals surface area contributed by atoms with E-state index in [1.165, 1.54) is 42.5 Å². The minimum atomic E-state index is -0.678. The molecule has 0 aliphatic rings. The second-order valence-electron chi connectivity index (χ2n) is 3.30. The van der Waals surface area contributed by atoms with E-state index >= 15 is 0 Å². The van der Waals surface area contributed by atoms with Crippen LogP contribution in [-0.4, -0.2) is 11.1 Å². The number of benzene rings is 2. The largest absolute Gasteiger partial charge is 0.508 e. The summed E-state index contributed by atoms with van der Waals surface area (Å²) in [6.45, 7) is 0. The molecule has 0 aliphatic heterocycles. The van der Waals surface area contributed by atoms with Crippen LogP contribution >= 0.6 is 0 Å². The molecule has 0 saturated carbocycles. The average Bonchev–Trinajstić information content (AvgIpc) is 2.29. The van der Waals surface area contributed by atoms with Crippen molar-refractivity contribution in [2.24, 2.45) is 0 Å². The summed E-state index contributed by atoms with van der Waals surface area (Å²) in [4.78, 5) is 11.6. The Balaban J connectivity index is 2.17. The van der Waals surface area contributed by atoms with Gasteiger partial charge in [0.1, 0.15) is 17.3 Å². The van der Waals surface area contributed by atoms with E-state index in [4.69, 9.17) is 4.74 Å². The lowest BCUT2D eigenvalue weighted by Gasteiger charge is -2.03. The Hall–Kier alpha value is -2.36. The van der Waals surface area contributed by atoms with Crippen LogP contribution in [0, 0.1) is 11.9 Å². The van der Waals surface area contributed by atoms with Crippen molar-refractivity contribution in [2.45, 2.75) is 0 Å². The van der Waals surface area contributed by atoms with Gasteiger partial charge < -0.3 is 9.84 Å². The van der Waals surface area contributed by atoms with Gasteiger partial charge in [-0.15, -0.1) is 0 Å². The van der Waals surface area contributed by atoms with Crippen LogP contribution in [0.15, 0.2) is 42.5 Å². The quantitative estimate of drug-likeness (QED) is 0.638. The van der Waals surface area contributed by atoms with E-state index in [0.29, 0.717) is 0 Å². The Morgan fingerprint density at radius 2 is 2.00 bits per heavy atom. The first-order valence-corrected chi connectivity index (χ1v) is 4.84. The molecule has 0 amide bonds. The van der Waals surface area contributed by atoms with Gasteiger partial charge in [-0.25, -0.2) is 9.18 Å². The van der Waals surface area contributed by atoms with Gasteiger partial charge in [-0.2, -0.15) is 0 Å². The van der Waals surface area contributed by atoms with Crippen LogP contribution in [0.25, 0.3) is 0 Å². The van der Waals surface area contributed by atoms with Crippen molar-refractivity contribution in [1.82, 2.24) is 0 Å². The molecule has 2 aromatic carbocycles. The third-order valence-electron chi connectivity index (χ3n) is 2.02. The molecule has 4 heteroatoms. The lowest BCUT2D eigenvalue weighted by Crippen LogP contribution is -2.08. The number of phenols is 1. The highest BCUT2D eigenvalue weighted by Crippen LogP contribution is 2.15. The Morgan fingerprint density at radius 3 is 2.71 bits per heavy atom. The van der Waals surface area contributed by atoms with Gasteiger partial charge >= 0.3 is 5.97 Å². The summed E-state index contributed by atoms with van der Waals surface area (Å²) in [5.74, 6) is -1.32. The van der Waals surface area contributed by atoms with Crippen LogP contribution in [0.5, 0.6) is 11.5 Å². The van der Waals surface area contributed by atoms with Crippen molar-refractivity contribution >= 4 is 5.97 Å². The molecule has 17 heavy (non-hydrogen) atoms. The lowest BCUT2D eigenvalue weighted by atomic mass is 10.2. The predicted molar refractivity (Wildman–Crippen MR) is 58.3 cm³/mol. The molecule has 0 unspecified atom stereocenters. The fourth-order valence-electron chi connectivity index (χ4n) is 1.27. The first-order chi connectivity index (χ1) is 8.15. The summed E-state index contributed by atoms with van der Waals surface area (Å²) in [7, 11) is 0. The van der Waals surface area contributed by atoms with E-state index in [-0.39, 0.29) is 17.1 Å². The molecular weight excluding hydrogens is 223 g/mol. The summed E-state index contributed by atoms with van der Waals surface area (Å²) in [5.41, 5.74) is 0.183. The maximum Gasteiger partial charge on any atom is 0.343 e. The van der Waals surface area contributed by atoms with Gasteiger partial charge in [0.05, 0.1) is 11.6 Å². The minimum Gasteiger partial charge on any atom is -0.508 e. The molecule has 0 spiro atoms. The number of hydrogen-bond donors (Lipinski definition) is 1. The zero-order chi connectivity index (χ0) is 12.3. The second-order valence-corrected chi connectivity index (χ2v) is 3.30. The number of carbonyl (C=O) groups is 1. The first kappa shape index (κ1) is 11.1. The van der Waals surface area contributed by atoms with Crippen molar-refractivity contribution in [3.05, 3.63) is 59.9 Å². The molecule has 2 aromatic rings. The first-order valence-electron chi connectivity index (χ1n) is 4.84. The molecule has 0 fully saturated rings. The topological polar surface area (TPSA) is 46.5 Å². The predicted octanol–water partition coefficient (Wildman–Crippen LogP) is 2.55. The molecule has 0 aliphatic carbocycles. The number of aromatic hydroxyl groups is 1. The van der Waals surface area contributed by atoms with Crippen molar-refractivity contribution in [1.29, 1.82) is 0 Å². The van der Waals surface area contributed by atoms with Crippen LogP contribution < -0.4 is 4.74 Å². The highest BCUT2D eigenvalue weighted by molar-refractivity contribution is 5.91. The van der Waals surface area contributed by atoms with Crippen LogP contribution in [0.3, 0.4) is 0 Å². The summed E-state index contributed by atoms with van der Waals surface area (Å²) >= 11 is 0. The van der Waals surface area contributed by atoms with E-state index < -0.39 is 11.8 Å². The highest BCUT2D eigenvalue weighted by atomic mass is 19.1. The van der Waals surface area contributed by atoms with Gasteiger partial charge in [-0.05, 0) is 30.3 Å². The molecule has 0 aromatic heterocycles. The van der Waals surface area contributed by atoms with Crippen molar-refractivity contribution in [3.63, 3.8) is 0 Å². The van der Waals surface area contributed by atoms with Gasteiger partial charge in [0.2, 0.25) is 0 Å². The Labute approximate surface area is 97.1 Å². The van der Waals surface area contributed by atoms with Crippen molar-refractivity contribution in [3.8, 4) is 11.5 Å². The number of phenolic OH excluding ortho intramolecular Hbond substituents is 1. The smallest absolute Gasteiger partial charge is 0.343 e. The monoisotopic (exact) mass is 231 g/mol. The maximum atomic E-state index is 12.8. The molecule has 85 valence electrons. The van der Waals surface area contributed by atoms with Crippen molar-refractivity contribution < 1.29 is 19.0 Å². The average molecular weight is 231 g/mol. The number of hydrogen-bond acceptors (Lipinski definition) is 3. The second kappa shape index (κ2) is 4.65. The summed E-state index contributed by atoms with van der Waals surface area (Å²) in [6.07, 6.45) is 0. The zero-order valence-electron chi connectivity index (χ0n) is 8.68. The minimum absolute atomic E-state index is 0.00153. The van der Waals surface area contributed by atoms with E-state index in [0.717, 1.165) is 0 Å². The molecule has 0 saturated heterocycles. The van der Waals surface area contributed by atoms with Crippen LogP contribution in [0.2, 0.25) is 0 Å². The Bertz CT molecular complexity index is 552. The van der Waals surface area contributed by atoms with Crippen LogP contribution in [-0.2, 0) is 0 Å². The van der Waals surface area contributed by atoms with E-state index in [9.17, 15) is 14.3 Å². The van der Waals surface area contributed by atoms with Gasteiger partial charge in [-0.1, -0.05) is 12.1 Å². The fraction of sp³-hybridized carbons (Fsp3) is 0. The summed E-state index contributed by atoms with van der Waals surface area (Å²) in [5, 5.41) is 9.20. The molecule has 0 bridgehead atoms. The molecule has 2 rings (SSSR count).